The van der Waals surface area contributed by atoms with Gasteiger partial charge in [-0.25, -0.2) is 4.79 Å². The van der Waals surface area contributed by atoms with Crippen LogP contribution < -0.4 is 10.0 Å². The summed E-state index contributed by atoms with van der Waals surface area (Å²) in [5.41, 5.74) is 1.59. The van der Waals surface area contributed by atoms with E-state index in [1.165, 1.54) is 18.4 Å². The lowest BCUT2D eigenvalue weighted by Gasteiger charge is -2.26. The Kier molecular flexibility index (Phi) is 5.79. The summed E-state index contributed by atoms with van der Waals surface area (Å²) >= 11 is 1.82. The van der Waals surface area contributed by atoms with E-state index in [-0.39, 0.29) is 17.5 Å². The van der Waals surface area contributed by atoms with Crippen LogP contribution >= 0.6 is 11.9 Å². The van der Waals surface area contributed by atoms with E-state index < -0.39 is 0 Å². The number of hydrogen-bond acceptors (Lipinski definition) is 4. The van der Waals surface area contributed by atoms with Gasteiger partial charge in [-0.1, -0.05) is 48.7 Å². The zero-order valence-electron chi connectivity index (χ0n) is 13.9. The quantitative estimate of drug-likeness (QED) is 0.532. The van der Waals surface area contributed by atoms with Gasteiger partial charge in [0, 0.05) is 25.3 Å². The van der Waals surface area contributed by atoms with E-state index in [0.717, 1.165) is 31.6 Å². The maximum Gasteiger partial charge on any atom is 0.324 e. The summed E-state index contributed by atoms with van der Waals surface area (Å²) in [7, 11) is 0. The van der Waals surface area contributed by atoms with Crippen molar-refractivity contribution in [2.45, 2.75) is 44.1 Å². The number of urea groups is 1. The number of nitrogens with zero attached hydrogens (tertiary/aromatic N) is 1. The van der Waals surface area contributed by atoms with Crippen LogP contribution in [0.2, 0.25) is 0 Å². The van der Waals surface area contributed by atoms with Crippen molar-refractivity contribution in [3.8, 4) is 0 Å². The summed E-state index contributed by atoms with van der Waals surface area (Å²) in [5, 5.41) is 2.36. The van der Waals surface area contributed by atoms with Gasteiger partial charge in [-0.05, 0) is 31.2 Å². The van der Waals surface area contributed by atoms with E-state index in [9.17, 15) is 9.59 Å². The van der Waals surface area contributed by atoms with Crippen LogP contribution in [0.5, 0.6) is 0 Å². The SMILES string of the molecule is O=C1CCN(CCCCCSNC2(c3ccccc3)CC2)C(=O)N1. The molecule has 0 bridgehead atoms. The lowest BCUT2D eigenvalue weighted by molar-refractivity contribution is -0.121. The van der Waals surface area contributed by atoms with Crippen molar-refractivity contribution in [2.75, 3.05) is 18.8 Å². The predicted octanol–water partition coefficient (Wildman–Crippen LogP) is 3.03. The second-order valence-electron chi connectivity index (χ2n) is 6.55. The molecule has 1 aliphatic heterocycles. The zero-order valence-corrected chi connectivity index (χ0v) is 14.7. The van der Waals surface area contributed by atoms with E-state index in [1.807, 2.05) is 11.9 Å². The number of rotatable bonds is 9. The van der Waals surface area contributed by atoms with E-state index in [4.69, 9.17) is 0 Å². The van der Waals surface area contributed by atoms with Crippen LogP contribution in [-0.4, -0.2) is 35.7 Å². The minimum atomic E-state index is -0.235. The number of carbonyl (C=O) groups is 2. The molecular weight excluding hydrogens is 322 g/mol. The molecule has 1 aromatic rings. The van der Waals surface area contributed by atoms with Crippen molar-refractivity contribution in [2.24, 2.45) is 0 Å². The molecule has 0 radical (unpaired) electrons. The molecule has 1 aliphatic carbocycles. The highest BCUT2D eigenvalue weighted by Crippen LogP contribution is 2.46. The summed E-state index contributed by atoms with van der Waals surface area (Å²) < 4.78 is 3.64. The van der Waals surface area contributed by atoms with Crippen LogP contribution in [0.3, 0.4) is 0 Å². The monoisotopic (exact) mass is 347 g/mol. The normalized spacial score (nSPS) is 19.2. The van der Waals surface area contributed by atoms with Gasteiger partial charge in [0.2, 0.25) is 5.91 Å². The van der Waals surface area contributed by atoms with Crippen molar-refractivity contribution in [1.29, 1.82) is 0 Å². The van der Waals surface area contributed by atoms with Crippen molar-refractivity contribution in [3.63, 3.8) is 0 Å². The molecule has 1 saturated carbocycles. The lowest BCUT2D eigenvalue weighted by Crippen LogP contribution is -2.49. The number of amides is 3. The number of carbonyl (C=O) groups excluding carboxylic acids is 2. The van der Waals surface area contributed by atoms with Gasteiger partial charge in [-0.3, -0.25) is 14.8 Å². The fourth-order valence-corrected chi connectivity index (χ4v) is 4.04. The number of hydrogen-bond donors (Lipinski definition) is 2. The summed E-state index contributed by atoms with van der Waals surface area (Å²) in [6, 6.07) is 10.4. The largest absolute Gasteiger partial charge is 0.324 e. The van der Waals surface area contributed by atoms with Crippen LogP contribution in [-0.2, 0) is 10.3 Å². The Morgan fingerprint density at radius 2 is 1.92 bits per heavy atom. The Labute approximate surface area is 147 Å². The van der Waals surface area contributed by atoms with E-state index in [2.05, 4.69) is 40.4 Å². The molecule has 24 heavy (non-hydrogen) atoms. The number of benzene rings is 1. The number of nitrogens with one attached hydrogen (secondary N) is 2. The summed E-state index contributed by atoms with van der Waals surface area (Å²) in [5.74, 6) is 0.922. The Morgan fingerprint density at radius 3 is 2.62 bits per heavy atom. The van der Waals surface area contributed by atoms with Crippen molar-refractivity contribution >= 4 is 23.9 Å². The third kappa shape index (κ3) is 4.51. The topological polar surface area (TPSA) is 61.4 Å². The molecular formula is C18H25N3O2S. The molecule has 0 aromatic heterocycles. The van der Waals surface area contributed by atoms with Crippen LogP contribution in [0.1, 0.15) is 44.1 Å². The Hall–Kier alpha value is -1.53. The summed E-state index contributed by atoms with van der Waals surface area (Å²) in [4.78, 5) is 24.4. The first-order chi connectivity index (χ1) is 11.7. The molecule has 0 spiro atoms. The smallest absolute Gasteiger partial charge is 0.324 e. The first kappa shape index (κ1) is 17.3. The Morgan fingerprint density at radius 1 is 1.12 bits per heavy atom. The highest BCUT2D eigenvalue weighted by molar-refractivity contribution is 7.97. The standard InChI is InChI=1S/C18H25N3O2S/c22-16-9-13-21(17(23)19-16)12-5-2-6-14-24-20-18(10-11-18)15-7-3-1-4-8-15/h1,3-4,7-8,20H,2,5-6,9-14H2,(H,19,22,23). The van der Waals surface area contributed by atoms with Crippen LogP contribution in [0.25, 0.3) is 0 Å². The summed E-state index contributed by atoms with van der Waals surface area (Å²) in [6.45, 7) is 1.30. The van der Waals surface area contributed by atoms with Crippen LogP contribution in [0.15, 0.2) is 30.3 Å². The second-order valence-corrected chi connectivity index (χ2v) is 7.45. The van der Waals surface area contributed by atoms with Gasteiger partial charge in [0.25, 0.3) is 0 Å². The van der Waals surface area contributed by atoms with Gasteiger partial charge < -0.3 is 4.90 Å². The molecule has 130 valence electrons. The van der Waals surface area contributed by atoms with Crippen LogP contribution in [0.4, 0.5) is 4.79 Å². The molecule has 1 heterocycles. The molecule has 2 aliphatic rings. The molecule has 3 rings (SSSR count). The van der Waals surface area contributed by atoms with Gasteiger partial charge in [-0.15, -0.1) is 0 Å². The highest BCUT2D eigenvalue weighted by Gasteiger charge is 2.43. The highest BCUT2D eigenvalue weighted by atomic mass is 32.2. The predicted molar refractivity (Wildman–Crippen MR) is 96.5 cm³/mol. The van der Waals surface area contributed by atoms with Crippen molar-refractivity contribution in [1.82, 2.24) is 14.9 Å². The van der Waals surface area contributed by atoms with E-state index >= 15 is 0 Å². The maximum absolute atomic E-state index is 11.6. The summed E-state index contributed by atoms with van der Waals surface area (Å²) in [6.07, 6.45) is 6.08. The lowest BCUT2D eigenvalue weighted by atomic mass is 10.1. The van der Waals surface area contributed by atoms with E-state index in [0.29, 0.717) is 13.0 Å². The molecule has 0 atom stereocenters. The van der Waals surface area contributed by atoms with Gasteiger partial charge in [0.15, 0.2) is 0 Å². The van der Waals surface area contributed by atoms with Gasteiger partial charge in [0.05, 0.1) is 5.54 Å². The second kappa shape index (κ2) is 8.03. The fourth-order valence-electron chi connectivity index (χ4n) is 2.99. The molecule has 3 amide bonds. The zero-order chi connectivity index (χ0) is 16.8. The third-order valence-electron chi connectivity index (χ3n) is 4.66. The Balaban J connectivity index is 1.26. The maximum atomic E-state index is 11.6. The van der Waals surface area contributed by atoms with Crippen molar-refractivity contribution < 1.29 is 9.59 Å². The third-order valence-corrected chi connectivity index (χ3v) is 5.69. The Bertz CT molecular complexity index is 575. The van der Waals surface area contributed by atoms with Gasteiger partial charge >= 0.3 is 6.03 Å². The van der Waals surface area contributed by atoms with Crippen molar-refractivity contribution in [3.05, 3.63) is 35.9 Å². The number of imide groups is 1. The average molecular weight is 347 g/mol. The van der Waals surface area contributed by atoms with Gasteiger partial charge in [0.1, 0.15) is 0 Å². The minimum Gasteiger partial charge on any atom is -0.324 e. The fraction of sp³-hybridized carbons (Fsp3) is 0.556. The molecule has 2 N–H and O–H groups in total. The molecule has 2 fully saturated rings. The molecule has 6 heteroatoms. The molecule has 5 nitrogen and oxygen atoms in total. The molecule has 1 aromatic carbocycles. The van der Waals surface area contributed by atoms with Crippen LogP contribution in [0, 0.1) is 0 Å². The van der Waals surface area contributed by atoms with E-state index in [1.54, 1.807) is 4.90 Å². The molecule has 1 saturated heterocycles. The average Bonchev–Trinajstić information content (AvgIpc) is 3.38. The first-order valence-corrected chi connectivity index (χ1v) is 9.71. The minimum absolute atomic E-state index is 0.161. The molecule has 0 unspecified atom stereocenters. The number of unbranched alkanes of at least 4 members (excludes halogenated alkanes) is 2. The first-order valence-electron chi connectivity index (χ1n) is 8.73. The van der Waals surface area contributed by atoms with Gasteiger partial charge in [-0.2, -0.15) is 0 Å².